The van der Waals surface area contributed by atoms with Gasteiger partial charge in [0.05, 0.1) is 12.6 Å². The van der Waals surface area contributed by atoms with Crippen LogP contribution in [0, 0.1) is 0 Å². The number of aromatic nitrogens is 1. The van der Waals surface area contributed by atoms with Crippen LogP contribution in [0.25, 0.3) is 22.0 Å². The summed E-state index contributed by atoms with van der Waals surface area (Å²) in [6.45, 7) is 3.62. The van der Waals surface area contributed by atoms with E-state index in [9.17, 15) is 4.79 Å². The fourth-order valence-corrected chi connectivity index (χ4v) is 3.99. The van der Waals surface area contributed by atoms with Crippen LogP contribution >= 0.6 is 0 Å². The molecular weight excluding hydrogens is 326 g/mol. The number of para-hydroxylation sites is 1. The molecule has 3 aromatic rings. The van der Waals surface area contributed by atoms with Gasteiger partial charge in [-0.2, -0.15) is 0 Å². The topological polar surface area (TPSA) is 54.5 Å². The van der Waals surface area contributed by atoms with Crippen LogP contribution in [0.15, 0.2) is 42.5 Å². The number of carbonyl (C=O) groups excluding carboxylic acids is 1. The number of ketones is 1. The lowest BCUT2D eigenvalue weighted by Gasteiger charge is -2.30. The Morgan fingerprint density at radius 3 is 2.65 bits per heavy atom. The quantitative estimate of drug-likeness (QED) is 0.605. The van der Waals surface area contributed by atoms with Crippen molar-refractivity contribution < 1.29 is 9.53 Å². The predicted octanol–water partition coefficient (Wildman–Crippen LogP) is 2.86. The summed E-state index contributed by atoms with van der Waals surface area (Å²) >= 11 is 0. The van der Waals surface area contributed by atoms with E-state index in [4.69, 9.17) is 9.72 Å². The summed E-state index contributed by atoms with van der Waals surface area (Å²) in [5.41, 5.74) is 4.26. The van der Waals surface area contributed by atoms with Crippen molar-refractivity contribution in [3.8, 4) is 16.9 Å². The highest BCUT2D eigenvalue weighted by Gasteiger charge is 2.34. The molecule has 2 heterocycles. The molecule has 1 aliphatic carbocycles. The van der Waals surface area contributed by atoms with Crippen LogP contribution in [0.3, 0.4) is 0 Å². The number of piperazine rings is 1. The van der Waals surface area contributed by atoms with E-state index in [-0.39, 0.29) is 5.78 Å². The first-order valence-corrected chi connectivity index (χ1v) is 8.89. The lowest BCUT2D eigenvalue weighted by Crippen LogP contribution is -2.44. The zero-order valence-corrected chi connectivity index (χ0v) is 14.6. The van der Waals surface area contributed by atoms with Crippen LogP contribution in [-0.4, -0.2) is 44.1 Å². The number of carbonyl (C=O) groups is 1. The maximum absolute atomic E-state index is 13.3. The van der Waals surface area contributed by atoms with E-state index in [1.54, 1.807) is 7.11 Å². The fourth-order valence-electron chi connectivity index (χ4n) is 3.99. The maximum atomic E-state index is 13.3. The van der Waals surface area contributed by atoms with Crippen molar-refractivity contribution in [3.63, 3.8) is 0 Å². The third-order valence-corrected chi connectivity index (χ3v) is 5.26. The van der Waals surface area contributed by atoms with E-state index in [1.165, 1.54) is 0 Å². The highest BCUT2D eigenvalue weighted by molar-refractivity contribution is 6.28. The molecule has 0 saturated carbocycles. The number of hydrogen-bond acceptors (Lipinski definition) is 5. The Hall–Kier alpha value is -2.92. The number of fused-ring (bicyclic) bond motifs is 5. The van der Waals surface area contributed by atoms with Gasteiger partial charge < -0.3 is 15.0 Å². The molecule has 1 aromatic heterocycles. The zero-order valence-electron chi connectivity index (χ0n) is 14.6. The highest BCUT2D eigenvalue weighted by Crippen LogP contribution is 2.45. The molecule has 5 heteroatoms. The summed E-state index contributed by atoms with van der Waals surface area (Å²) in [6, 6.07) is 13.7. The molecule has 1 aliphatic heterocycles. The number of methoxy groups -OCH3 is 1. The van der Waals surface area contributed by atoms with Crippen molar-refractivity contribution in [2.75, 3.05) is 38.2 Å². The molecule has 0 atom stereocenters. The van der Waals surface area contributed by atoms with Gasteiger partial charge in [0.25, 0.3) is 0 Å². The van der Waals surface area contributed by atoms with Crippen molar-refractivity contribution in [2.24, 2.45) is 0 Å². The monoisotopic (exact) mass is 345 g/mol. The van der Waals surface area contributed by atoms with E-state index >= 15 is 0 Å². The smallest absolute Gasteiger partial charge is 0.195 e. The minimum absolute atomic E-state index is 0.0592. The molecule has 1 saturated heterocycles. The van der Waals surface area contributed by atoms with E-state index in [0.717, 1.165) is 59.6 Å². The van der Waals surface area contributed by atoms with E-state index < -0.39 is 0 Å². The summed E-state index contributed by atoms with van der Waals surface area (Å²) in [5, 5.41) is 4.30. The first-order valence-electron chi connectivity index (χ1n) is 8.89. The number of ether oxygens (including phenoxy) is 1. The molecule has 0 amide bonds. The van der Waals surface area contributed by atoms with Crippen molar-refractivity contribution >= 4 is 22.5 Å². The normalized spacial score (nSPS) is 15.9. The van der Waals surface area contributed by atoms with Crippen LogP contribution in [0.2, 0.25) is 0 Å². The molecule has 0 spiro atoms. The summed E-state index contributed by atoms with van der Waals surface area (Å²) < 4.78 is 5.33. The van der Waals surface area contributed by atoms with Gasteiger partial charge in [-0.25, -0.2) is 4.98 Å². The molecule has 0 unspecified atom stereocenters. The Balaban J connectivity index is 1.83. The van der Waals surface area contributed by atoms with Crippen LogP contribution in [0.5, 0.6) is 5.75 Å². The Labute approximate surface area is 151 Å². The van der Waals surface area contributed by atoms with Crippen molar-refractivity contribution in [1.82, 2.24) is 10.3 Å². The summed E-state index contributed by atoms with van der Waals surface area (Å²) in [5.74, 6) is 1.67. The molecule has 2 aromatic carbocycles. The van der Waals surface area contributed by atoms with Crippen LogP contribution in [0.1, 0.15) is 15.9 Å². The molecule has 1 N–H and O–H groups in total. The second kappa shape index (κ2) is 5.81. The fraction of sp³-hybridized carbons (Fsp3) is 0.238. The minimum Gasteiger partial charge on any atom is -0.497 e. The second-order valence-corrected chi connectivity index (χ2v) is 6.68. The largest absolute Gasteiger partial charge is 0.497 e. The van der Waals surface area contributed by atoms with Gasteiger partial charge in [-0.05, 0) is 29.8 Å². The van der Waals surface area contributed by atoms with Gasteiger partial charge in [0.1, 0.15) is 11.6 Å². The molecule has 0 bridgehead atoms. The van der Waals surface area contributed by atoms with Gasteiger partial charge in [0.15, 0.2) is 5.78 Å². The number of nitrogens with zero attached hydrogens (tertiary/aromatic N) is 2. The molecule has 2 aliphatic rings. The summed E-state index contributed by atoms with van der Waals surface area (Å²) in [7, 11) is 1.62. The van der Waals surface area contributed by atoms with Crippen molar-refractivity contribution in [1.29, 1.82) is 0 Å². The van der Waals surface area contributed by atoms with Crippen LogP contribution in [0.4, 0.5) is 5.82 Å². The van der Waals surface area contributed by atoms with E-state index in [0.29, 0.717) is 11.3 Å². The number of hydrogen-bond donors (Lipinski definition) is 1. The average molecular weight is 345 g/mol. The molecule has 0 radical (unpaired) electrons. The van der Waals surface area contributed by atoms with E-state index in [1.807, 2.05) is 42.5 Å². The van der Waals surface area contributed by atoms with E-state index in [2.05, 4.69) is 10.2 Å². The van der Waals surface area contributed by atoms with Gasteiger partial charge in [0, 0.05) is 48.3 Å². The first-order chi connectivity index (χ1) is 12.8. The molecule has 130 valence electrons. The third kappa shape index (κ3) is 2.14. The number of rotatable bonds is 2. The van der Waals surface area contributed by atoms with Gasteiger partial charge >= 0.3 is 0 Å². The second-order valence-electron chi connectivity index (χ2n) is 6.68. The Bertz CT molecular complexity index is 1040. The lowest BCUT2D eigenvalue weighted by molar-refractivity contribution is 0.104. The molecule has 26 heavy (non-hydrogen) atoms. The van der Waals surface area contributed by atoms with Crippen LogP contribution in [-0.2, 0) is 0 Å². The molecule has 1 fully saturated rings. The van der Waals surface area contributed by atoms with Crippen molar-refractivity contribution in [2.45, 2.75) is 0 Å². The molecule has 5 rings (SSSR count). The summed E-state index contributed by atoms with van der Waals surface area (Å²) in [4.78, 5) is 20.5. The number of pyridine rings is 1. The van der Waals surface area contributed by atoms with Gasteiger partial charge in [-0.1, -0.05) is 18.2 Å². The number of nitrogens with one attached hydrogen (secondary N) is 1. The lowest BCUT2D eigenvalue weighted by atomic mass is 10.0. The highest BCUT2D eigenvalue weighted by atomic mass is 16.5. The number of anilines is 1. The molecule has 5 nitrogen and oxygen atoms in total. The maximum Gasteiger partial charge on any atom is 0.195 e. The third-order valence-electron chi connectivity index (χ3n) is 5.26. The Morgan fingerprint density at radius 2 is 1.85 bits per heavy atom. The standard InChI is InChI=1S/C21H19N3O2/c1-26-13-6-7-14-16(12-13)20(25)18-15-4-2-3-5-17(15)23-21(19(14)18)24-10-8-22-9-11-24/h2-7,12,22H,8-11H2,1H3. The Kier molecular flexibility index (Phi) is 3.43. The zero-order chi connectivity index (χ0) is 17.7. The average Bonchev–Trinajstić information content (AvgIpc) is 3.00. The molecular formula is C21H19N3O2. The SMILES string of the molecule is COc1ccc2c(c1)C(=O)c1c-2c(N2CCNCC2)nc2ccccc12. The predicted molar refractivity (Wildman–Crippen MR) is 102 cm³/mol. The van der Waals surface area contributed by atoms with Crippen LogP contribution < -0.4 is 15.0 Å². The van der Waals surface area contributed by atoms with Gasteiger partial charge in [-0.15, -0.1) is 0 Å². The van der Waals surface area contributed by atoms with Crippen molar-refractivity contribution in [3.05, 3.63) is 53.6 Å². The van der Waals surface area contributed by atoms with Gasteiger partial charge in [0.2, 0.25) is 0 Å². The minimum atomic E-state index is 0.0592. The number of benzene rings is 2. The summed E-state index contributed by atoms with van der Waals surface area (Å²) in [6.07, 6.45) is 0. The first kappa shape index (κ1) is 15.3. The van der Waals surface area contributed by atoms with Gasteiger partial charge in [-0.3, -0.25) is 4.79 Å². The Morgan fingerprint density at radius 1 is 1.04 bits per heavy atom.